The molecule has 34 heavy (non-hydrogen) atoms. The molecule has 7 rings (SSSR count). The highest BCUT2D eigenvalue weighted by atomic mass is 16.3. The molecule has 0 aliphatic carbocycles. The largest absolute Gasteiger partial charge is 0.456 e. The molecule has 0 atom stereocenters. The van der Waals surface area contributed by atoms with Crippen LogP contribution in [0.25, 0.3) is 33.1 Å². The van der Waals surface area contributed by atoms with Crippen molar-refractivity contribution < 1.29 is 4.42 Å². The van der Waals surface area contributed by atoms with Crippen molar-refractivity contribution in [2.75, 3.05) is 16.5 Å². The summed E-state index contributed by atoms with van der Waals surface area (Å²) in [4.78, 5) is 9.44. The summed E-state index contributed by atoms with van der Waals surface area (Å²) in [5.41, 5.74) is 7.48. The molecule has 0 amide bonds. The van der Waals surface area contributed by atoms with E-state index < -0.39 is 0 Å². The second-order valence-corrected chi connectivity index (χ2v) is 8.48. The number of hydrogen-bond acceptors (Lipinski definition) is 4. The zero-order valence-electron chi connectivity index (χ0n) is 18.4. The first-order valence-electron chi connectivity index (χ1n) is 11.4. The lowest BCUT2D eigenvalue weighted by atomic mass is 9.97. The number of rotatable bonds is 3. The van der Waals surface area contributed by atoms with Crippen molar-refractivity contribution in [2.45, 2.75) is 0 Å². The molecule has 4 aromatic carbocycles. The summed E-state index contributed by atoms with van der Waals surface area (Å²) < 4.78 is 6.25. The third-order valence-electron chi connectivity index (χ3n) is 6.54. The Kier molecular flexibility index (Phi) is 4.18. The van der Waals surface area contributed by atoms with Crippen molar-refractivity contribution in [3.05, 3.63) is 115 Å². The zero-order chi connectivity index (χ0) is 22.5. The van der Waals surface area contributed by atoms with Gasteiger partial charge in [0.1, 0.15) is 17.8 Å². The van der Waals surface area contributed by atoms with E-state index in [1.165, 1.54) is 0 Å². The number of fused-ring (bicyclic) bond motifs is 4. The Morgan fingerprint density at radius 2 is 1.38 bits per heavy atom. The van der Waals surface area contributed by atoms with E-state index in [4.69, 9.17) is 9.40 Å². The fraction of sp³-hybridized carbons (Fsp3) is 0.0333. The van der Waals surface area contributed by atoms with Crippen LogP contribution in [0, 0.1) is 0 Å². The average Bonchev–Trinajstić information content (AvgIpc) is 3.48. The van der Waals surface area contributed by atoms with Gasteiger partial charge in [-0.05, 0) is 48.0 Å². The van der Waals surface area contributed by atoms with Crippen molar-refractivity contribution in [3.63, 3.8) is 0 Å². The minimum atomic E-state index is 0.678. The van der Waals surface area contributed by atoms with Crippen LogP contribution in [-0.2, 0) is 0 Å². The highest BCUT2D eigenvalue weighted by Gasteiger charge is 2.31. The van der Waals surface area contributed by atoms with E-state index in [1.54, 1.807) is 0 Å². The lowest BCUT2D eigenvalue weighted by Crippen LogP contribution is -2.24. The molecule has 0 radical (unpaired) electrons. The Balaban J connectivity index is 1.51. The number of nitrogens with zero attached hydrogens (tertiary/aromatic N) is 3. The number of benzene rings is 4. The monoisotopic (exact) mass is 439 g/mol. The van der Waals surface area contributed by atoms with E-state index in [9.17, 15) is 0 Å². The topological polar surface area (TPSA) is 32.5 Å². The maximum absolute atomic E-state index is 6.25. The summed E-state index contributed by atoms with van der Waals surface area (Å²) in [6.07, 6.45) is 1.87. The first kappa shape index (κ1) is 18.9. The second-order valence-electron chi connectivity index (χ2n) is 8.48. The third kappa shape index (κ3) is 2.82. The molecular weight excluding hydrogens is 418 g/mol. The Hall–Kier alpha value is -4.57. The van der Waals surface area contributed by atoms with Crippen molar-refractivity contribution >= 4 is 44.8 Å². The minimum Gasteiger partial charge on any atom is -0.456 e. The smallest absolute Gasteiger partial charge is 0.158 e. The van der Waals surface area contributed by atoms with Gasteiger partial charge in [-0.15, -0.1) is 0 Å². The van der Waals surface area contributed by atoms with Crippen LogP contribution >= 0.6 is 0 Å². The summed E-state index contributed by atoms with van der Waals surface area (Å²) in [6.45, 7) is 0.678. The van der Waals surface area contributed by atoms with Gasteiger partial charge < -0.3 is 14.2 Å². The summed E-state index contributed by atoms with van der Waals surface area (Å²) in [5.74, 6) is 0.954. The van der Waals surface area contributed by atoms with Crippen molar-refractivity contribution in [3.8, 4) is 11.1 Å². The fourth-order valence-electron chi connectivity index (χ4n) is 5.04. The molecular formula is C30H21N3O. The molecule has 1 aliphatic rings. The lowest BCUT2D eigenvalue weighted by Gasteiger charge is -2.24. The minimum absolute atomic E-state index is 0.678. The maximum Gasteiger partial charge on any atom is 0.158 e. The van der Waals surface area contributed by atoms with Crippen LogP contribution in [0.3, 0.4) is 0 Å². The normalized spacial score (nSPS) is 13.1. The van der Waals surface area contributed by atoms with E-state index in [2.05, 4.69) is 94.7 Å². The lowest BCUT2D eigenvalue weighted by molar-refractivity contribution is 0.669. The molecule has 0 spiro atoms. The van der Waals surface area contributed by atoms with Gasteiger partial charge in [-0.25, -0.2) is 4.98 Å². The summed E-state index contributed by atoms with van der Waals surface area (Å²) in [5, 5.41) is 2.26. The number of aromatic nitrogens is 1. The van der Waals surface area contributed by atoms with Gasteiger partial charge >= 0.3 is 0 Å². The fourth-order valence-corrected chi connectivity index (χ4v) is 5.04. The van der Waals surface area contributed by atoms with E-state index >= 15 is 0 Å². The Morgan fingerprint density at radius 3 is 2.24 bits per heavy atom. The summed E-state index contributed by atoms with van der Waals surface area (Å²) >= 11 is 0. The average molecular weight is 440 g/mol. The molecule has 0 unspecified atom stereocenters. The second kappa shape index (κ2) is 7.49. The van der Waals surface area contributed by atoms with Crippen molar-refractivity contribution in [1.82, 2.24) is 4.98 Å². The number of pyridine rings is 1. The maximum atomic E-state index is 6.25. The number of hydrogen-bond donors (Lipinski definition) is 0. The summed E-state index contributed by atoms with van der Waals surface area (Å²) in [6, 6.07) is 37.7. The Labute approximate surface area is 197 Å². The van der Waals surface area contributed by atoms with Gasteiger partial charge in [0.25, 0.3) is 0 Å². The molecule has 0 saturated heterocycles. The van der Waals surface area contributed by atoms with Crippen LogP contribution in [0.1, 0.15) is 0 Å². The van der Waals surface area contributed by atoms with Gasteiger partial charge in [0, 0.05) is 28.2 Å². The standard InChI is InChI=1S/C30H21N3O/c1-3-10-21(11-4-1)28-24(17-18-27-29(28)23-14-7-8-16-26(23)34-27)33-20-32(22-12-5-2-6-13-22)25-15-9-19-31-30(25)33/h1-19H,20H2. The number of furan rings is 1. The van der Waals surface area contributed by atoms with Crippen LogP contribution in [0.5, 0.6) is 0 Å². The SMILES string of the molecule is c1ccc(-c2c(N3CN(c4ccccc4)c4cccnc43)ccc3oc4ccccc4c23)cc1. The number of para-hydroxylation sites is 2. The molecule has 162 valence electrons. The van der Waals surface area contributed by atoms with Gasteiger partial charge in [0.15, 0.2) is 5.82 Å². The van der Waals surface area contributed by atoms with Gasteiger partial charge in [0.2, 0.25) is 0 Å². The molecule has 3 heterocycles. The molecule has 2 aromatic heterocycles. The highest BCUT2D eigenvalue weighted by Crippen LogP contribution is 2.48. The van der Waals surface area contributed by atoms with Crippen LogP contribution < -0.4 is 9.80 Å². The molecule has 0 fully saturated rings. The molecule has 1 aliphatic heterocycles. The molecule has 4 heteroatoms. The van der Waals surface area contributed by atoms with Crippen molar-refractivity contribution in [2.24, 2.45) is 0 Å². The van der Waals surface area contributed by atoms with Crippen LogP contribution in [0.4, 0.5) is 22.9 Å². The van der Waals surface area contributed by atoms with E-state index in [0.717, 1.165) is 55.9 Å². The quantitative estimate of drug-likeness (QED) is 0.281. The zero-order valence-corrected chi connectivity index (χ0v) is 18.4. The van der Waals surface area contributed by atoms with E-state index in [0.29, 0.717) is 6.67 Å². The molecule has 6 aromatic rings. The first-order chi connectivity index (χ1) is 16.9. The first-order valence-corrected chi connectivity index (χ1v) is 11.4. The van der Waals surface area contributed by atoms with Gasteiger partial charge in [0.05, 0.1) is 11.4 Å². The van der Waals surface area contributed by atoms with E-state index in [-0.39, 0.29) is 0 Å². The van der Waals surface area contributed by atoms with Gasteiger partial charge in [-0.1, -0.05) is 66.7 Å². The molecule has 0 bridgehead atoms. The predicted octanol–water partition coefficient (Wildman–Crippen LogP) is 7.90. The third-order valence-corrected chi connectivity index (χ3v) is 6.54. The van der Waals surface area contributed by atoms with Crippen molar-refractivity contribution in [1.29, 1.82) is 0 Å². The van der Waals surface area contributed by atoms with Crippen LogP contribution in [0.15, 0.2) is 120 Å². The number of anilines is 4. The van der Waals surface area contributed by atoms with Gasteiger partial charge in [-0.3, -0.25) is 0 Å². The molecule has 0 N–H and O–H groups in total. The Morgan fingerprint density at radius 1 is 0.618 bits per heavy atom. The van der Waals surface area contributed by atoms with E-state index in [1.807, 2.05) is 30.5 Å². The van der Waals surface area contributed by atoms with Gasteiger partial charge in [-0.2, -0.15) is 0 Å². The highest BCUT2D eigenvalue weighted by molar-refractivity contribution is 6.16. The predicted molar refractivity (Wildman–Crippen MR) is 139 cm³/mol. The van der Waals surface area contributed by atoms with Crippen LogP contribution in [0.2, 0.25) is 0 Å². The molecule has 0 saturated carbocycles. The molecule has 4 nitrogen and oxygen atoms in total. The summed E-state index contributed by atoms with van der Waals surface area (Å²) in [7, 11) is 0. The Bertz CT molecular complexity index is 1640. The van der Waals surface area contributed by atoms with Crippen LogP contribution in [-0.4, -0.2) is 11.7 Å².